The normalized spacial score (nSPS) is 13.2. The second kappa shape index (κ2) is 6.83. The molecule has 0 aromatic heterocycles. The highest BCUT2D eigenvalue weighted by molar-refractivity contribution is 6.00. The Morgan fingerprint density at radius 1 is 1.35 bits per heavy atom. The van der Waals surface area contributed by atoms with E-state index in [1.807, 2.05) is 20.8 Å². The van der Waals surface area contributed by atoms with Crippen molar-refractivity contribution in [2.45, 2.75) is 45.4 Å². The number of hydrogen-bond acceptors (Lipinski definition) is 5. The van der Waals surface area contributed by atoms with Crippen molar-refractivity contribution in [3.63, 3.8) is 0 Å². The van der Waals surface area contributed by atoms with E-state index in [2.05, 4.69) is 5.32 Å². The molecule has 1 atom stereocenters. The minimum absolute atomic E-state index is 0.0271. The van der Waals surface area contributed by atoms with E-state index < -0.39 is 11.6 Å². The van der Waals surface area contributed by atoms with Crippen molar-refractivity contribution in [1.29, 1.82) is 0 Å². The van der Waals surface area contributed by atoms with Crippen LogP contribution in [0.1, 0.15) is 43.1 Å². The van der Waals surface area contributed by atoms with Gasteiger partial charge in [0.2, 0.25) is 0 Å². The van der Waals surface area contributed by atoms with Crippen molar-refractivity contribution in [2.75, 3.05) is 6.61 Å². The van der Waals surface area contributed by atoms with Crippen LogP contribution in [0.25, 0.3) is 0 Å². The molecule has 0 spiro atoms. The minimum atomic E-state index is -0.549. The zero-order valence-corrected chi connectivity index (χ0v) is 12.2. The number of aliphatic hydroxyl groups is 2. The quantitative estimate of drug-likeness (QED) is 0.564. The molecule has 0 amide bonds. The van der Waals surface area contributed by atoms with Crippen LogP contribution in [-0.2, 0) is 6.61 Å². The number of benzene rings is 1. The summed E-state index contributed by atoms with van der Waals surface area (Å²) >= 11 is 0. The number of carbonyl (C=O) groups excluding carboxylic acids is 1. The molecule has 0 radical (unpaired) electrons. The van der Waals surface area contributed by atoms with E-state index in [0.717, 1.165) is 0 Å². The van der Waals surface area contributed by atoms with Crippen LogP contribution in [0.5, 0.6) is 5.75 Å². The number of aromatic hydroxyl groups is 1. The summed E-state index contributed by atoms with van der Waals surface area (Å²) in [5.41, 5.74) is 0.208. The summed E-state index contributed by atoms with van der Waals surface area (Å²) in [4.78, 5) is 12.4. The first-order valence-electron chi connectivity index (χ1n) is 6.70. The van der Waals surface area contributed by atoms with Gasteiger partial charge in [-0.15, -0.1) is 0 Å². The largest absolute Gasteiger partial charge is 0.508 e. The Kier molecular flexibility index (Phi) is 5.68. The number of phenols is 1. The maximum Gasteiger partial charge on any atom is 0.179 e. The van der Waals surface area contributed by atoms with Gasteiger partial charge in [-0.05, 0) is 38.5 Å². The molecular weight excluding hydrogens is 258 g/mol. The molecule has 0 heterocycles. The molecule has 0 saturated heterocycles. The van der Waals surface area contributed by atoms with Gasteiger partial charge in [-0.3, -0.25) is 10.1 Å². The van der Waals surface area contributed by atoms with Gasteiger partial charge in [0.05, 0.1) is 19.3 Å². The van der Waals surface area contributed by atoms with Gasteiger partial charge in [0.15, 0.2) is 5.78 Å². The predicted octanol–water partition coefficient (Wildman–Crippen LogP) is 1.21. The molecule has 5 nitrogen and oxygen atoms in total. The van der Waals surface area contributed by atoms with Crippen LogP contribution in [0.4, 0.5) is 0 Å². The van der Waals surface area contributed by atoms with E-state index in [0.29, 0.717) is 17.5 Å². The lowest BCUT2D eigenvalue weighted by atomic mass is 9.96. The number of Topliss-reactive ketones (excluding diaryl/α,β-unsaturated/α-hetero) is 1. The fourth-order valence-corrected chi connectivity index (χ4v) is 1.94. The van der Waals surface area contributed by atoms with Crippen LogP contribution in [-0.4, -0.2) is 39.3 Å². The molecular formula is C15H23NO4. The third-order valence-corrected chi connectivity index (χ3v) is 3.22. The smallest absolute Gasteiger partial charge is 0.179 e. The van der Waals surface area contributed by atoms with Crippen LogP contribution < -0.4 is 5.32 Å². The van der Waals surface area contributed by atoms with Crippen LogP contribution in [0.2, 0.25) is 0 Å². The highest BCUT2D eigenvalue weighted by Gasteiger charge is 2.26. The number of nitrogens with one attached hydrogen (secondary N) is 1. The minimum Gasteiger partial charge on any atom is -0.508 e. The fraction of sp³-hybridized carbons (Fsp3) is 0.533. The second-order valence-corrected chi connectivity index (χ2v) is 5.51. The van der Waals surface area contributed by atoms with Gasteiger partial charge in [0, 0.05) is 16.7 Å². The fourth-order valence-electron chi connectivity index (χ4n) is 1.94. The van der Waals surface area contributed by atoms with Gasteiger partial charge in [0.1, 0.15) is 5.75 Å². The first-order valence-corrected chi connectivity index (χ1v) is 6.70. The standard InChI is InChI=1S/C15H23NO4/c1-4-12(16-15(2,3)9-18)14(20)10-5-6-13(19)11(7-10)8-17/h5-7,12,16-19H,4,8-9H2,1-3H3. The molecule has 0 fully saturated rings. The number of carbonyl (C=O) groups is 1. The second-order valence-electron chi connectivity index (χ2n) is 5.51. The van der Waals surface area contributed by atoms with Crippen molar-refractivity contribution in [3.05, 3.63) is 29.3 Å². The van der Waals surface area contributed by atoms with Gasteiger partial charge < -0.3 is 15.3 Å². The molecule has 0 aliphatic rings. The zero-order chi connectivity index (χ0) is 15.3. The van der Waals surface area contributed by atoms with Crippen molar-refractivity contribution >= 4 is 5.78 Å². The van der Waals surface area contributed by atoms with Gasteiger partial charge in [0.25, 0.3) is 0 Å². The van der Waals surface area contributed by atoms with Crippen molar-refractivity contribution < 1.29 is 20.1 Å². The number of rotatable bonds is 7. The van der Waals surface area contributed by atoms with E-state index in [1.165, 1.54) is 18.2 Å². The summed E-state index contributed by atoms with van der Waals surface area (Å²) < 4.78 is 0. The third kappa shape index (κ3) is 4.03. The SMILES string of the molecule is CCC(NC(C)(C)CO)C(=O)c1ccc(O)c(CO)c1. The van der Waals surface area contributed by atoms with Crippen molar-refractivity contribution in [3.8, 4) is 5.75 Å². The Bertz CT molecular complexity index is 471. The van der Waals surface area contributed by atoms with E-state index in [4.69, 9.17) is 5.11 Å². The van der Waals surface area contributed by atoms with E-state index in [-0.39, 0.29) is 24.7 Å². The summed E-state index contributed by atoms with van der Waals surface area (Å²) in [6, 6.07) is 4.01. The topological polar surface area (TPSA) is 89.8 Å². The van der Waals surface area contributed by atoms with Crippen molar-refractivity contribution in [1.82, 2.24) is 5.32 Å². The summed E-state index contributed by atoms with van der Waals surface area (Å²) in [5, 5.41) is 31.0. The average Bonchev–Trinajstić information content (AvgIpc) is 2.44. The van der Waals surface area contributed by atoms with E-state index >= 15 is 0 Å². The lowest BCUT2D eigenvalue weighted by molar-refractivity contribution is 0.0896. The molecule has 1 aromatic carbocycles. The summed E-state index contributed by atoms with van der Waals surface area (Å²) in [6.07, 6.45) is 0.581. The molecule has 4 N–H and O–H groups in total. The summed E-state index contributed by atoms with van der Waals surface area (Å²) in [7, 11) is 0. The van der Waals surface area contributed by atoms with Gasteiger partial charge in [-0.1, -0.05) is 6.92 Å². The first-order chi connectivity index (χ1) is 9.34. The number of aliphatic hydroxyl groups excluding tert-OH is 2. The average molecular weight is 281 g/mol. The van der Waals surface area contributed by atoms with E-state index in [9.17, 15) is 15.0 Å². The molecule has 0 aliphatic carbocycles. The lowest BCUT2D eigenvalue weighted by Crippen LogP contribution is -2.51. The Hall–Kier alpha value is -1.43. The van der Waals surface area contributed by atoms with Crippen LogP contribution in [0.3, 0.4) is 0 Å². The zero-order valence-electron chi connectivity index (χ0n) is 12.2. The highest BCUT2D eigenvalue weighted by atomic mass is 16.3. The van der Waals surface area contributed by atoms with Crippen LogP contribution >= 0.6 is 0 Å². The first kappa shape index (κ1) is 16.6. The molecule has 1 unspecified atom stereocenters. The van der Waals surface area contributed by atoms with Gasteiger partial charge in [-0.25, -0.2) is 0 Å². The Balaban J connectivity index is 2.97. The maximum absolute atomic E-state index is 12.4. The summed E-state index contributed by atoms with van der Waals surface area (Å²) in [6.45, 7) is 5.13. The molecule has 20 heavy (non-hydrogen) atoms. The molecule has 5 heteroatoms. The van der Waals surface area contributed by atoms with E-state index in [1.54, 1.807) is 0 Å². The predicted molar refractivity (Wildman–Crippen MR) is 76.7 cm³/mol. The molecule has 1 rings (SSSR count). The van der Waals surface area contributed by atoms with Crippen molar-refractivity contribution in [2.24, 2.45) is 0 Å². The van der Waals surface area contributed by atoms with Crippen LogP contribution in [0.15, 0.2) is 18.2 Å². The van der Waals surface area contributed by atoms with Gasteiger partial charge >= 0.3 is 0 Å². The van der Waals surface area contributed by atoms with Gasteiger partial charge in [-0.2, -0.15) is 0 Å². The maximum atomic E-state index is 12.4. The number of ketones is 1. The molecule has 0 bridgehead atoms. The summed E-state index contributed by atoms with van der Waals surface area (Å²) in [5.74, 6) is -0.149. The molecule has 1 aromatic rings. The Morgan fingerprint density at radius 2 is 2.00 bits per heavy atom. The molecule has 112 valence electrons. The molecule has 0 aliphatic heterocycles. The lowest BCUT2D eigenvalue weighted by Gasteiger charge is -2.29. The third-order valence-electron chi connectivity index (χ3n) is 3.22. The number of hydrogen-bond donors (Lipinski definition) is 4. The highest BCUT2D eigenvalue weighted by Crippen LogP contribution is 2.20. The monoisotopic (exact) mass is 281 g/mol. The Morgan fingerprint density at radius 3 is 2.50 bits per heavy atom. The molecule has 0 saturated carbocycles. The van der Waals surface area contributed by atoms with Crippen LogP contribution in [0, 0.1) is 0 Å². The Labute approximate surface area is 119 Å².